The maximum absolute atomic E-state index is 13.1. The molecule has 1 aliphatic rings. The van der Waals surface area contributed by atoms with E-state index in [9.17, 15) is 9.59 Å². The number of benzene rings is 2. The predicted octanol–water partition coefficient (Wildman–Crippen LogP) is 2.62. The van der Waals surface area contributed by atoms with E-state index in [-0.39, 0.29) is 23.7 Å². The van der Waals surface area contributed by atoms with Gasteiger partial charge in [0.25, 0.3) is 0 Å². The molecule has 0 spiro atoms. The molecule has 5 heteroatoms. The van der Waals surface area contributed by atoms with Crippen LogP contribution >= 0.6 is 0 Å². The quantitative estimate of drug-likeness (QED) is 0.743. The first-order valence-electron chi connectivity index (χ1n) is 8.87. The van der Waals surface area contributed by atoms with Crippen LogP contribution < -0.4 is 10.2 Å². The van der Waals surface area contributed by atoms with Gasteiger partial charge in [-0.05, 0) is 24.1 Å². The summed E-state index contributed by atoms with van der Waals surface area (Å²) in [6, 6.07) is 19.5. The summed E-state index contributed by atoms with van der Waals surface area (Å²) in [4.78, 5) is 27.0. The zero-order valence-corrected chi connectivity index (χ0v) is 14.9. The number of carbonyl (C=O) groups excluding carboxylic acids is 2. The molecule has 2 amide bonds. The van der Waals surface area contributed by atoms with Gasteiger partial charge in [-0.15, -0.1) is 0 Å². The van der Waals surface area contributed by atoms with E-state index in [0.29, 0.717) is 26.1 Å². The molecular weight excluding hydrogens is 328 g/mol. The highest BCUT2D eigenvalue weighted by molar-refractivity contribution is 6.01. The van der Waals surface area contributed by atoms with Crippen molar-refractivity contribution in [2.24, 2.45) is 11.8 Å². The molecule has 0 aliphatic heterocycles. The molecule has 136 valence electrons. The van der Waals surface area contributed by atoms with Crippen LogP contribution in [0.1, 0.15) is 12.0 Å². The predicted molar refractivity (Wildman–Crippen MR) is 101 cm³/mol. The first kappa shape index (κ1) is 18.1. The SMILES string of the molecule is COCCNC(=O)C1CC1C(=O)N(Cc1ccccc1)c1ccccc1. The topological polar surface area (TPSA) is 58.6 Å². The highest BCUT2D eigenvalue weighted by Gasteiger charge is 2.49. The molecule has 2 aromatic rings. The number of amides is 2. The lowest BCUT2D eigenvalue weighted by molar-refractivity contribution is -0.126. The maximum atomic E-state index is 13.1. The molecule has 1 saturated carbocycles. The van der Waals surface area contributed by atoms with Crippen molar-refractivity contribution in [3.63, 3.8) is 0 Å². The van der Waals surface area contributed by atoms with Gasteiger partial charge in [0, 0.05) is 19.3 Å². The number of carbonyl (C=O) groups is 2. The lowest BCUT2D eigenvalue weighted by Crippen LogP contribution is -2.34. The van der Waals surface area contributed by atoms with Crippen LogP contribution in [-0.2, 0) is 20.9 Å². The molecule has 0 aromatic heterocycles. The summed E-state index contributed by atoms with van der Waals surface area (Å²) < 4.78 is 4.94. The fraction of sp³-hybridized carbons (Fsp3) is 0.333. The second-order valence-corrected chi connectivity index (χ2v) is 6.48. The summed E-state index contributed by atoms with van der Waals surface area (Å²) in [5.74, 6) is -0.539. The van der Waals surface area contributed by atoms with Gasteiger partial charge in [-0.3, -0.25) is 9.59 Å². The number of methoxy groups -OCH3 is 1. The largest absolute Gasteiger partial charge is 0.383 e. The van der Waals surface area contributed by atoms with Crippen molar-refractivity contribution in [1.82, 2.24) is 5.32 Å². The van der Waals surface area contributed by atoms with Gasteiger partial charge >= 0.3 is 0 Å². The van der Waals surface area contributed by atoms with Crippen LogP contribution in [0, 0.1) is 11.8 Å². The van der Waals surface area contributed by atoms with Crippen molar-refractivity contribution in [3.05, 3.63) is 66.2 Å². The van der Waals surface area contributed by atoms with Crippen molar-refractivity contribution in [2.75, 3.05) is 25.2 Å². The van der Waals surface area contributed by atoms with Gasteiger partial charge in [-0.25, -0.2) is 0 Å². The van der Waals surface area contributed by atoms with Gasteiger partial charge in [0.15, 0.2) is 0 Å². The minimum atomic E-state index is -0.249. The third kappa shape index (κ3) is 4.49. The third-order valence-electron chi connectivity index (χ3n) is 4.57. The number of nitrogens with one attached hydrogen (secondary N) is 1. The Morgan fingerprint density at radius 1 is 1.04 bits per heavy atom. The lowest BCUT2D eigenvalue weighted by Gasteiger charge is -2.23. The monoisotopic (exact) mass is 352 g/mol. The van der Waals surface area contributed by atoms with Crippen molar-refractivity contribution in [3.8, 4) is 0 Å². The van der Waals surface area contributed by atoms with Gasteiger partial charge in [0.1, 0.15) is 0 Å². The number of nitrogens with zero attached hydrogens (tertiary/aromatic N) is 1. The fourth-order valence-electron chi connectivity index (χ4n) is 3.04. The summed E-state index contributed by atoms with van der Waals surface area (Å²) >= 11 is 0. The van der Waals surface area contributed by atoms with Crippen LogP contribution in [0.15, 0.2) is 60.7 Å². The number of rotatable bonds is 8. The van der Waals surface area contributed by atoms with Crippen molar-refractivity contribution in [1.29, 1.82) is 0 Å². The fourth-order valence-corrected chi connectivity index (χ4v) is 3.04. The van der Waals surface area contributed by atoms with Gasteiger partial charge in [0.05, 0.1) is 25.0 Å². The summed E-state index contributed by atoms with van der Waals surface area (Å²) in [6.45, 7) is 1.44. The van der Waals surface area contributed by atoms with Gasteiger partial charge < -0.3 is 15.0 Å². The lowest BCUT2D eigenvalue weighted by atomic mass is 10.1. The van der Waals surface area contributed by atoms with E-state index in [0.717, 1.165) is 11.3 Å². The van der Waals surface area contributed by atoms with Crippen LogP contribution in [0.2, 0.25) is 0 Å². The molecule has 2 atom stereocenters. The Balaban J connectivity index is 1.69. The molecule has 2 aromatic carbocycles. The van der Waals surface area contributed by atoms with E-state index in [1.165, 1.54) is 0 Å². The summed E-state index contributed by atoms with van der Waals surface area (Å²) in [5.41, 5.74) is 1.92. The first-order valence-corrected chi connectivity index (χ1v) is 8.87. The molecule has 0 radical (unpaired) electrons. The Hall–Kier alpha value is -2.66. The zero-order valence-electron chi connectivity index (χ0n) is 14.9. The van der Waals surface area contributed by atoms with Gasteiger partial charge in [-0.1, -0.05) is 48.5 Å². The highest BCUT2D eigenvalue weighted by Crippen LogP contribution is 2.41. The molecule has 5 nitrogen and oxygen atoms in total. The number of hydrogen-bond donors (Lipinski definition) is 1. The summed E-state index contributed by atoms with van der Waals surface area (Å²) in [7, 11) is 1.59. The van der Waals surface area contributed by atoms with Crippen LogP contribution in [0.25, 0.3) is 0 Å². The van der Waals surface area contributed by atoms with E-state index in [1.54, 1.807) is 12.0 Å². The van der Waals surface area contributed by atoms with Gasteiger partial charge in [-0.2, -0.15) is 0 Å². The van der Waals surface area contributed by atoms with Crippen molar-refractivity contribution in [2.45, 2.75) is 13.0 Å². The van der Waals surface area contributed by atoms with E-state index in [1.807, 2.05) is 60.7 Å². The van der Waals surface area contributed by atoms with Gasteiger partial charge in [0.2, 0.25) is 11.8 Å². The Morgan fingerprint density at radius 2 is 1.69 bits per heavy atom. The molecule has 1 fully saturated rings. The molecule has 1 N–H and O–H groups in total. The molecule has 2 unspecified atom stereocenters. The Bertz CT molecular complexity index is 733. The van der Waals surface area contributed by atoms with Crippen molar-refractivity contribution >= 4 is 17.5 Å². The first-order chi connectivity index (χ1) is 12.7. The van der Waals surface area contributed by atoms with Crippen LogP contribution in [-0.4, -0.2) is 32.1 Å². The third-order valence-corrected chi connectivity index (χ3v) is 4.57. The summed E-state index contributed by atoms with van der Waals surface area (Å²) in [5, 5.41) is 2.82. The normalized spacial score (nSPS) is 18.2. The molecule has 26 heavy (non-hydrogen) atoms. The second-order valence-electron chi connectivity index (χ2n) is 6.48. The van der Waals surface area contributed by atoms with E-state index < -0.39 is 0 Å². The van der Waals surface area contributed by atoms with E-state index >= 15 is 0 Å². The Labute approximate surface area is 154 Å². The minimum absolute atomic E-state index is 0.00643. The van der Waals surface area contributed by atoms with E-state index in [2.05, 4.69) is 5.32 Å². The molecule has 0 heterocycles. The number of para-hydroxylation sites is 1. The second kappa shape index (κ2) is 8.63. The zero-order chi connectivity index (χ0) is 18.4. The molecular formula is C21H24N2O3. The Morgan fingerprint density at radius 3 is 2.35 bits per heavy atom. The average molecular weight is 352 g/mol. The standard InChI is InChI=1S/C21H24N2O3/c1-26-13-12-22-20(24)18-14-19(18)21(25)23(17-10-6-3-7-11-17)15-16-8-4-2-5-9-16/h2-11,18-19H,12-15H2,1H3,(H,22,24). The minimum Gasteiger partial charge on any atom is -0.383 e. The average Bonchev–Trinajstić information content (AvgIpc) is 3.48. The van der Waals surface area contributed by atoms with E-state index in [4.69, 9.17) is 4.74 Å². The molecule has 0 saturated heterocycles. The van der Waals surface area contributed by atoms with Crippen LogP contribution in [0.4, 0.5) is 5.69 Å². The highest BCUT2D eigenvalue weighted by atomic mass is 16.5. The molecule has 0 bridgehead atoms. The molecule has 1 aliphatic carbocycles. The smallest absolute Gasteiger partial charge is 0.231 e. The number of anilines is 1. The molecule has 3 rings (SSSR count). The van der Waals surface area contributed by atoms with Crippen molar-refractivity contribution < 1.29 is 14.3 Å². The number of hydrogen-bond acceptors (Lipinski definition) is 3. The Kier molecular flexibility index (Phi) is 6.02. The van der Waals surface area contributed by atoms with Crippen LogP contribution in [0.5, 0.6) is 0 Å². The number of ether oxygens (including phenoxy) is 1. The summed E-state index contributed by atoms with van der Waals surface area (Å²) in [6.07, 6.45) is 0.607. The van der Waals surface area contributed by atoms with Crippen LogP contribution in [0.3, 0.4) is 0 Å². The maximum Gasteiger partial charge on any atom is 0.231 e.